The number of carbonyl (C=O) groups is 1. The summed E-state index contributed by atoms with van der Waals surface area (Å²) in [4.78, 5) is 27.8. The lowest BCUT2D eigenvalue weighted by Gasteiger charge is -2.17. The largest absolute Gasteiger partial charge is 0.343 e. The summed E-state index contributed by atoms with van der Waals surface area (Å²) in [5.74, 6) is 0.739. The van der Waals surface area contributed by atoms with E-state index in [2.05, 4.69) is 30.5 Å². The van der Waals surface area contributed by atoms with E-state index < -0.39 is 0 Å². The van der Waals surface area contributed by atoms with Crippen molar-refractivity contribution in [3.05, 3.63) is 78.4 Å². The number of hydrogen-bond acceptors (Lipinski definition) is 5. The van der Waals surface area contributed by atoms with Crippen molar-refractivity contribution >= 4 is 39.3 Å². The first-order valence-electron chi connectivity index (χ1n) is 9.97. The predicted molar refractivity (Wildman–Crippen MR) is 120 cm³/mol. The monoisotopic (exact) mass is 411 g/mol. The minimum atomic E-state index is -0.296. The van der Waals surface area contributed by atoms with E-state index in [9.17, 15) is 4.79 Å². The summed E-state index contributed by atoms with van der Waals surface area (Å²) >= 11 is 0. The molecule has 0 aliphatic heterocycles. The van der Waals surface area contributed by atoms with Gasteiger partial charge in [0.15, 0.2) is 0 Å². The number of rotatable bonds is 5. The zero-order valence-electron chi connectivity index (χ0n) is 17.1. The molecule has 8 heteroatoms. The van der Waals surface area contributed by atoms with Crippen molar-refractivity contribution in [1.82, 2.24) is 30.5 Å². The van der Waals surface area contributed by atoms with Crippen LogP contribution >= 0.6 is 0 Å². The molecule has 0 saturated carbocycles. The highest BCUT2D eigenvalue weighted by atomic mass is 16.2. The van der Waals surface area contributed by atoms with Gasteiger partial charge in [0.2, 0.25) is 5.82 Å². The van der Waals surface area contributed by atoms with Gasteiger partial charge in [-0.1, -0.05) is 30.3 Å². The van der Waals surface area contributed by atoms with Crippen molar-refractivity contribution in [2.24, 2.45) is 0 Å². The number of amides is 1. The van der Waals surface area contributed by atoms with E-state index in [-0.39, 0.29) is 17.8 Å². The van der Waals surface area contributed by atoms with Gasteiger partial charge in [-0.2, -0.15) is 0 Å². The van der Waals surface area contributed by atoms with Crippen LogP contribution < -0.4 is 10.2 Å². The third kappa shape index (κ3) is 3.48. The minimum Gasteiger partial charge on any atom is -0.343 e. The fourth-order valence-electron chi connectivity index (χ4n) is 3.64. The summed E-state index contributed by atoms with van der Waals surface area (Å²) in [6.07, 6.45) is 3.54. The van der Waals surface area contributed by atoms with Gasteiger partial charge in [0.25, 0.3) is 5.91 Å². The summed E-state index contributed by atoms with van der Waals surface area (Å²) in [5, 5.41) is 10.3. The number of benzene rings is 2. The average Bonchev–Trinajstić information content (AvgIpc) is 3.41. The number of carbonyl (C=O) groups excluding carboxylic acids is 1. The van der Waals surface area contributed by atoms with Gasteiger partial charge in [0.1, 0.15) is 5.82 Å². The second kappa shape index (κ2) is 7.56. The molecule has 3 heterocycles. The zero-order valence-corrected chi connectivity index (χ0v) is 17.1. The molecule has 0 radical (unpaired) electrons. The Hall–Kier alpha value is -4.20. The van der Waals surface area contributed by atoms with Crippen LogP contribution in [0.15, 0.2) is 67.0 Å². The molecule has 154 valence electrons. The van der Waals surface area contributed by atoms with Crippen molar-refractivity contribution in [2.45, 2.75) is 13.0 Å². The molecular weight excluding hydrogens is 390 g/mol. The lowest BCUT2D eigenvalue weighted by Crippen LogP contribution is -2.27. The molecule has 1 amide bonds. The Balaban J connectivity index is 1.45. The number of nitrogens with one attached hydrogen (secondary N) is 3. The Morgan fingerprint density at radius 2 is 1.81 bits per heavy atom. The van der Waals surface area contributed by atoms with Gasteiger partial charge in [-0.05, 0) is 36.8 Å². The van der Waals surface area contributed by atoms with Crippen LogP contribution in [0.5, 0.6) is 0 Å². The van der Waals surface area contributed by atoms with E-state index in [1.54, 1.807) is 12.4 Å². The molecule has 0 fully saturated rings. The number of pyridine rings is 1. The number of nitrogens with zero attached hydrogens (tertiary/aromatic N) is 4. The molecule has 5 rings (SSSR count). The van der Waals surface area contributed by atoms with Crippen molar-refractivity contribution in [3.8, 4) is 0 Å². The predicted octanol–water partition coefficient (Wildman–Crippen LogP) is 4.09. The van der Waals surface area contributed by atoms with E-state index in [0.29, 0.717) is 11.0 Å². The first-order chi connectivity index (χ1) is 15.1. The Morgan fingerprint density at radius 3 is 2.55 bits per heavy atom. The lowest BCUT2D eigenvalue weighted by atomic mass is 10.1. The van der Waals surface area contributed by atoms with Crippen molar-refractivity contribution in [1.29, 1.82) is 0 Å². The fourth-order valence-corrected chi connectivity index (χ4v) is 3.64. The number of fused-ring (bicyclic) bond motifs is 2. The standard InChI is InChI=1S/C23H21N7O/c1-14(15-7-4-3-5-8-15)25-23(31)21-26-19-11-17-18(12-20(19)27-21)28-29-22(17)30(2)16-9-6-10-24-13-16/h3-14,28-29H,1-2H3,(H,25,31). The van der Waals surface area contributed by atoms with Gasteiger partial charge in [0.05, 0.1) is 34.5 Å². The highest BCUT2D eigenvalue weighted by Gasteiger charge is 2.18. The normalized spacial score (nSPS) is 12.2. The lowest BCUT2D eigenvalue weighted by molar-refractivity contribution is 0.0930. The number of aromatic amines is 2. The van der Waals surface area contributed by atoms with Crippen LogP contribution in [0.1, 0.15) is 29.1 Å². The molecule has 1 unspecified atom stereocenters. The molecule has 0 aliphatic carbocycles. The van der Waals surface area contributed by atoms with Crippen LogP contribution in [-0.4, -0.2) is 38.1 Å². The number of imidazole rings is 1. The third-order valence-electron chi connectivity index (χ3n) is 5.36. The van der Waals surface area contributed by atoms with Gasteiger partial charge >= 0.3 is 0 Å². The Bertz CT molecular complexity index is 1360. The maximum Gasteiger partial charge on any atom is 0.289 e. The van der Waals surface area contributed by atoms with Gasteiger partial charge in [-0.3, -0.25) is 20.0 Å². The Morgan fingerprint density at radius 1 is 1.03 bits per heavy atom. The quantitative estimate of drug-likeness (QED) is 0.404. The van der Waals surface area contributed by atoms with Crippen LogP contribution in [0, 0.1) is 0 Å². The summed E-state index contributed by atoms with van der Waals surface area (Å²) in [6, 6.07) is 17.4. The smallest absolute Gasteiger partial charge is 0.289 e. The maximum atomic E-state index is 12.7. The summed E-state index contributed by atoms with van der Waals surface area (Å²) in [6.45, 7) is 1.94. The highest BCUT2D eigenvalue weighted by Crippen LogP contribution is 2.30. The maximum absolute atomic E-state index is 12.7. The SMILES string of the molecule is CC(NC(=O)c1nc2cc3[nH][nH]c(N(C)c4cccnc4)c3cc2n1)c1ccccc1. The second-order valence-electron chi connectivity index (χ2n) is 7.41. The van der Waals surface area contributed by atoms with Crippen molar-refractivity contribution in [3.63, 3.8) is 0 Å². The Labute approximate surface area is 178 Å². The van der Waals surface area contributed by atoms with Gasteiger partial charge < -0.3 is 10.2 Å². The first kappa shape index (κ1) is 18.8. The van der Waals surface area contributed by atoms with Crippen LogP contribution in [0.4, 0.5) is 11.5 Å². The molecule has 3 N–H and O–H groups in total. The fraction of sp³-hybridized carbons (Fsp3) is 0.130. The van der Waals surface area contributed by atoms with Crippen molar-refractivity contribution in [2.75, 3.05) is 11.9 Å². The molecule has 8 nitrogen and oxygen atoms in total. The highest BCUT2D eigenvalue weighted by molar-refractivity contribution is 6.02. The van der Waals surface area contributed by atoms with E-state index in [1.807, 2.05) is 73.5 Å². The van der Waals surface area contributed by atoms with Crippen molar-refractivity contribution < 1.29 is 4.79 Å². The average molecular weight is 411 g/mol. The van der Waals surface area contributed by atoms with E-state index in [0.717, 1.165) is 28.0 Å². The zero-order chi connectivity index (χ0) is 21.4. The Kier molecular flexibility index (Phi) is 4.59. The topological polar surface area (TPSA) is 103 Å². The van der Waals surface area contributed by atoms with Gasteiger partial charge in [-0.25, -0.2) is 9.97 Å². The number of aromatic nitrogens is 5. The molecule has 0 aliphatic rings. The molecule has 3 aromatic heterocycles. The molecule has 5 aromatic rings. The van der Waals surface area contributed by atoms with Gasteiger partial charge in [0, 0.05) is 18.6 Å². The number of hydrogen-bond donors (Lipinski definition) is 3. The molecular formula is C23H21N7O. The molecule has 2 aromatic carbocycles. The summed E-state index contributed by atoms with van der Waals surface area (Å²) in [7, 11) is 1.96. The molecule has 0 bridgehead atoms. The first-order valence-corrected chi connectivity index (χ1v) is 9.97. The van der Waals surface area contributed by atoms with Crippen LogP contribution in [0.3, 0.4) is 0 Å². The number of anilines is 2. The van der Waals surface area contributed by atoms with Gasteiger partial charge in [-0.15, -0.1) is 0 Å². The molecule has 0 spiro atoms. The molecule has 0 saturated heterocycles. The van der Waals surface area contributed by atoms with Crippen LogP contribution in [0.2, 0.25) is 0 Å². The number of H-pyrrole nitrogens is 2. The minimum absolute atomic E-state index is 0.140. The van der Waals surface area contributed by atoms with E-state index in [1.165, 1.54) is 0 Å². The molecule has 31 heavy (non-hydrogen) atoms. The van der Waals surface area contributed by atoms with E-state index in [4.69, 9.17) is 0 Å². The van der Waals surface area contributed by atoms with E-state index >= 15 is 0 Å². The second-order valence-corrected chi connectivity index (χ2v) is 7.41. The summed E-state index contributed by atoms with van der Waals surface area (Å²) in [5.41, 5.74) is 4.18. The van der Waals surface area contributed by atoms with Crippen LogP contribution in [0.25, 0.3) is 21.9 Å². The third-order valence-corrected chi connectivity index (χ3v) is 5.36. The summed E-state index contributed by atoms with van der Waals surface area (Å²) < 4.78 is 0. The molecule has 1 atom stereocenters. The van der Waals surface area contributed by atoms with Crippen LogP contribution in [-0.2, 0) is 0 Å².